The van der Waals surface area contributed by atoms with Crippen molar-refractivity contribution in [2.45, 2.75) is 31.1 Å². The Morgan fingerprint density at radius 1 is 1.57 bits per heavy atom. The van der Waals surface area contributed by atoms with Crippen LogP contribution in [0.1, 0.15) is 20.3 Å². The van der Waals surface area contributed by atoms with Crippen molar-refractivity contribution in [3.8, 4) is 0 Å². The standard InChI is InChI=1S/C5H11BrN/c1-4(6)3-5(2)7/h4-5,7H,3H2,1-2H3. The fourth-order valence-corrected chi connectivity index (χ4v) is 1.05. The van der Waals surface area contributed by atoms with Crippen molar-refractivity contribution in [3.05, 3.63) is 0 Å². The van der Waals surface area contributed by atoms with Gasteiger partial charge in [0.25, 0.3) is 0 Å². The highest BCUT2D eigenvalue weighted by molar-refractivity contribution is 9.09. The molecule has 0 bridgehead atoms. The van der Waals surface area contributed by atoms with Gasteiger partial charge in [-0.05, 0) is 13.3 Å². The summed E-state index contributed by atoms with van der Waals surface area (Å²) >= 11 is 3.35. The first-order valence-electron chi connectivity index (χ1n) is 2.48. The summed E-state index contributed by atoms with van der Waals surface area (Å²) in [6.07, 6.45) is 0.944. The molecule has 0 rings (SSSR count). The Bertz CT molecular complexity index is 37.3. The average molecular weight is 165 g/mol. The number of alkyl halides is 1. The van der Waals surface area contributed by atoms with Gasteiger partial charge in [0.2, 0.25) is 0 Å². The second kappa shape index (κ2) is 3.44. The van der Waals surface area contributed by atoms with E-state index in [4.69, 9.17) is 5.73 Å². The topological polar surface area (TPSA) is 23.8 Å². The van der Waals surface area contributed by atoms with Gasteiger partial charge in [0.1, 0.15) is 0 Å². The molecule has 1 N–H and O–H groups in total. The Balaban J connectivity index is 2.95. The third-order valence-corrected chi connectivity index (χ3v) is 1.05. The Hall–Kier alpha value is 0.440. The van der Waals surface area contributed by atoms with Gasteiger partial charge in [-0.3, -0.25) is 5.73 Å². The zero-order valence-electron chi connectivity index (χ0n) is 4.74. The van der Waals surface area contributed by atoms with Crippen molar-refractivity contribution in [1.82, 2.24) is 5.73 Å². The summed E-state index contributed by atoms with van der Waals surface area (Å²) in [5, 5.41) is 0. The molecule has 7 heavy (non-hydrogen) atoms. The van der Waals surface area contributed by atoms with Crippen LogP contribution in [0.4, 0.5) is 0 Å². The molecule has 0 aromatic rings. The molecule has 1 nitrogen and oxygen atoms in total. The monoisotopic (exact) mass is 164 g/mol. The van der Waals surface area contributed by atoms with Gasteiger partial charge < -0.3 is 0 Å². The number of rotatable bonds is 2. The number of hydrogen-bond acceptors (Lipinski definition) is 0. The van der Waals surface area contributed by atoms with Gasteiger partial charge >= 0.3 is 0 Å². The highest BCUT2D eigenvalue weighted by Crippen LogP contribution is 2.04. The number of nitrogens with one attached hydrogen (secondary N) is 1. The molecule has 0 aromatic heterocycles. The molecule has 0 heterocycles. The number of hydrogen-bond donors (Lipinski definition) is 0. The van der Waals surface area contributed by atoms with Crippen LogP contribution in [-0.2, 0) is 0 Å². The van der Waals surface area contributed by atoms with Crippen LogP contribution in [0.15, 0.2) is 0 Å². The molecule has 2 atom stereocenters. The van der Waals surface area contributed by atoms with Crippen LogP contribution in [-0.4, -0.2) is 10.9 Å². The van der Waals surface area contributed by atoms with Gasteiger partial charge in [0.15, 0.2) is 0 Å². The molecule has 43 valence electrons. The predicted octanol–water partition coefficient (Wildman–Crippen LogP) is 1.83. The summed E-state index contributed by atoms with van der Waals surface area (Å²) in [4.78, 5) is 0.500. The molecule has 0 saturated heterocycles. The first-order chi connectivity index (χ1) is 3.13. The van der Waals surface area contributed by atoms with Crippen molar-refractivity contribution in [2.75, 3.05) is 0 Å². The van der Waals surface area contributed by atoms with Gasteiger partial charge in [-0.15, -0.1) is 0 Å². The van der Waals surface area contributed by atoms with E-state index in [1.54, 1.807) is 0 Å². The van der Waals surface area contributed by atoms with Gasteiger partial charge in [-0.25, -0.2) is 0 Å². The molecule has 0 aliphatic carbocycles. The normalized spacial score (nSPS) is 18.9. The molecular formula is C5H11BrN. The molecule has 1 radical (unpaired) electrons. The maximum atomic E-state index is 7.08. The molecule has 0 amide bonds. The summed E-state index contributed by atoms with van der Waals surface area (Å²) in [5.41, 5.74) is 7.08. The second-order valence-electron chi connectivity index (χ2n) is 1.92. The molecule has 0 aromatic carbocycles. The lowest BCUT2D eigenvalue weighted by atomic mass is 10.2. The van der Waals surface area contributed by atoms with Crippen LogP contribution in [0.2, 0.25) is 0 Å². The van der Waals surface area contributed by atoms with E-state index in [1.807, 2.05) is 6.92 Å². The Morgan fingerprint density at radius 3 is 2.00 bits per heavy atom. The minimum Gasteiger partial charge on any atom is -0.255 e. The lowest BCUT2D eigenvalue weighted by Gasteiger charge is -2.03. The van der Waals surface area contributed by atoms with Crippen molar-refractivity contribution in [2.24, 2.45) is 0 Å². The third-order valence-electron chi connectivity index (χ3n) is 0.678. The van der Waals surface area contributed by atoms with E-state index >= 15 is 0 Å². The maximum absolute atomic E-state index is 7.08. The molecule has 0 fully saturated rings. The average Bonchev–Trinajstić information content (AvgIpc) is 1.27. The van der Waals surface area contributed by atoms with E-state index < -0.39 is 0 Å². The van der Waals surface area contributed by atoms with Crippen LogP contribution in [0.3, 0.4) is 0 Å². The first kappa shape index (κ1) is 7.44. The zero-order chi connectivity index (χ0) is 5.86. The fourth-order valence-electron chi connectivity index (χ4n) is 0.487. The van der Waals surface area contributed by atoms with Crippen LogP contribution in [0, 0.1) is 0 Å². The van der Waals surface area contributed by atoms with E-state index in [0.717, 1.165) is 6.42 Å². The molecule has 2 heteroatoms. The van der Waals surface area contributed by atoms with E-state index in [2.05, 4.69) is 22.9 Å². The van der Waals surface area contributed by atoms with E-state index in [0.29, 0.717) is 4.83 Å². The lowest BCUT2D eigenvalue weighted by Crippen LogP contribution is -2.07. The Morgan fingerprint density at radius 2 is 2.00 bits per heavy atom. The molecule has 0 aliphatic heterocycles. The van der Waals surface area contributed by atoms with Gasteiger partial charge in [0, 0.05) is 10.9 Å². The molecular weight excluding hydrogens is 154 g/mol. The summed E-state index contributed by atoms with van der Waals surface area (Å²) in [6.45, 7) is 3.96. The van der Waals surface area contributed by atoms with Gasteiger partial charge in [0.05, 0.1) is 0 Å². The van der Waals surface area contributed by atoms with Crippen molar-refractivity contribution in [3.63, 3.8) is 0 Å². The van der Waals surface area contributed by atoms with Gasteiger partial charge in [-0.1, -0.05) is 22.9 Å². The summed E-state index contributed by atoms with van der Waals surface area (Å²) in [5.74, 6) is 0. The molecule has 0 spiro atoms. The van der Waals surface area contributed by atoms with Crippen LogP contribution >= 0.6 is 15.9 Å². The molecule has 0 saturated carbocycles. The summed E-state index contributed by atoms with van der Waals surface area (Å²) < 4.78 is 0. The van der Waals surface area contributed by atoms with E-state index in [9.17, 15) is 0 Å². The third kappa shape index (κ3) is 6.44. The predicted molar refractivity (Wildman–Crippen MR) is 35.6 cm³/mol. The van der Waals surface area contributed by atoms with E-state index in [1.165, 1.54) is 0 Å². The van der Waals surface area contributed by atoms with Crippen molar-refractivity contribution in [1.29, 1.82) is 0 Å². The summed E-state index contributed by atoms with van der Waals surface area (Å²) in [6, 6.07) is 0.0781. The largest absolute Gasteiger partial charge is 0.255 e. The minimum atomic E-state index is 0.0781. The smallest absolute Gasteiger partial charge is 0.0195 e. The van der Waals surface area contributed by atoms with Crippen LogP contribution in [0.25, 0.3) is 0 Å². The van der Waals surface area contributed by atoms with Crippen LogP contribution < -0.4 is 5.73 Å². The molecule has 0 aliphatic rings. The SMILES string of the molecule is CC([NH])CC(C)Br. The first-order valence-corrected chi connectivity index (χ1v) is 3.39. The van der Waals surface area contributed by atoms with Crippen molar-refractivity contribution < 1.29 is 0 Å². The Kier molecular flexibility index (Phi) is 3.66. The molecule has 2 unspecified atom stereocenters. The highest BCUT2D eigenvalue weighted by Gasteiger charge is 1.98. The fraction of sp³-hybridized carbons (Fsp3) is 1.00. The minimum absolute atomic E-state index is 0.0781. The number of halogens is 1. The zero-order valence-corrected chi connectivity index (χ0v) is 6.33. The van der Waals surface area contributed by atoms with Gasteiger partial charge in [-0.2, -0.15) is 0 Å². The van der Waals surface area contributed by atoms with E-state index in [-0.39, 0.29) is 6.04 Å². The Labute approximate surface area is 53.4 Å². The maximum Gasteiger partial charge on any atom is 0.0195 e. The summed E-state index contributed by atoms with van der Waals surface area (Å²) in [7, 11) is 0. The van der Waals surface area contributed by atoms with Crippen LogP contribution in [0.5, 0.6) is 0 Å². The second-order valence-corrected chi connectivity index (χ2v) is 3.48. The quantitative estimate of drug-likeness (QED) is 0.557. The lowest BCUT2D eigenvalue weighted by molar-refractivity contribution is 0.650. The van der Waals surface area contributed by atoms with Crippen molar-refractivity contribution >= 4 is 15.9 Å². The highest BCUT2D eigenvalue weighted by atomic mass is 79.9.